The van der Waals surface area contributed by atoms with Crippen molar-refractivity contribution in [3.8, 4) is 0 Å². The molecule has 0 saturated carbocycles. The quantitative estimate of drug-likeness (QED) is 0.879. The van der Waals surface area contributed by atoms with E-state index in [-0.39, 0.29) is 6.04 Å². The number of nitrogens with zero attached hydrogens (tertiary/aromatic N) is 2. The molecule has 1 unspecified atom stereocenters. The third-order valence-electron chi connectivity index (χ3n) is 2.96. The lowest BCUT2D eigenvalue weighted by atomic mass is 10.0. The Morgan fingerprint density at radius 2 is 2.16 bits per heavy atom. The lowest BCUT2D eigenvalue weighted by molar-refractivity contribution is 0.562. The maximum Gasteiger partial charge on any atom is 0.0837 e. The predicted molar refractivity (Wildman–Crippen MR) is 83.0 cm³/mol. The smallest absolute Gasteiger partial charge is 0.0837 e. The van der Waals surface area contributed by atoms with Crippen molar-refractivity contribution in [1.29, 1.82) is 0 Å². The lowest BCUT2D eigenvalue weighted by Crippen LogP contribution is -2.22. The topological polar surface area (TPSA) is 29.9 Å². The van der Waals surface area contributed by atoms with Crippen LogP contribution in [0, 0.1) is 0 Å². The fourth-order valence-electron chi connectivity index (χ4n) is 2.09. The van der Waals surface area contributed by atoms with Gasteiger partial charge in [-0.05, 0) is 37.7 Å². The molecule has 0 radical (unpaired) electrons. The van der Waals surface area contributed by atoms with E-state index in [1.54, 1.807) is 6.20 Å². The summed E-state index contributed by atoms with van der Waals surface area (Å²) >= 11 is 15.9. The highest BCUT2D eigenvalue weighted by Crippen LogP contribution is 2.33. The van der Waals surface area contributed by atoms with Gasteiger partial charge in [0.05, 0.1) is 23.0 Å². The third-order valence-corrected chi connectivity index (χ3v) is 4.21. The van der Waals surface area contributed by atoms with Crippen molar-refractivity contribution >= 4 is 39.1 Å². The largest absolute Gasteiger partial charge is 0.308 e. The molecule has 0 aliphatic rings. The van der Waals surface area contributed by atoms with Gasteiger partial charge in [-0.25, -0.2) is 0 Å². The Balaban J connectivity index is 2.56. The van der Waals surface area contributed by atoms with Crippen LogP contribution in [0.25, 0.3) is 0 Å². The van der Waals surface area contributed by atoms with Crippen molar-refractivity contribution in [2.24, 2.45) is 0 Å². The Kier molecular flexibility index (Phi) is 4.90. The number of halogens is 3. The van der Waals surface area contributed by atoms with Crippen LogP contribution in [0.4, 0.5) is 0 Å². The standard InChI is InChI=1S/C13H14BrCl2N3/c1-3-19-13(11(16)7-18-19)12(17-2)9-6-8(15)4-5-10(9)14/h4-7,12,17H,3H2,1-2H3. The number of hydrogen-bond donors (Lipinski definition) is 1. The summed E-state index contributed by atoms with van der Waals surface area (Å²) in [4.78, 5) is 0. The van der Waals surface area contributed by atoms with Crippen LogP contribution in [-0.4, -0.2) is 16.8 Å². The van der Waals surface area contributed by atoms with E-state index in [0.29, 0.717) is 10.0 Å². The predicted octanol–water partition coefficient (Wildman–Crippen LogP) is 4.28. The minimum atomic E-state index is -0.0666. The Labute approximate surface area is 131 Å². The zero-order valence-electron chi connectivity index (χ0n) is 10.6. The van der Waals surface area contributed by atoms with Crippen LogP contribution in [0.1, 0.15) is 24.2 Å². The zero-order valence-corrected chi connectivity index (χ0v) is 13.7. The normalized spacial score (nSPS) is 12.7. The van der Waals surface area contributed by atoms with E-state index in [9.17, 15) is 0 Å². The molecule has 0 saturated heterocycles. The lowest BCUT2D eigenvalue weighted by Gasteiger charge is -2.20. The van der Waals surface area contributed by atoms with E-state index in [0.717, 1.165) is 22.3 Å². The first-order chi connectivity index (χ1) is 9.08. The highest BCUT2D eigenvalue weighted by Gasteiger charge is 2.22. The van der Waals surface area contributed by atoms with Gasteiger partial charge < -0.3 is 5.32 Å². The van der Waals surface area contributed by atoms with Crippen LogP contribution >= 0.6 is 39.1 Å². The summed E-state index contributed by atoms with van der Waals surface area (Å²) < 4.78 is 2.87. The van der Waals surface area contributed by atoms with E-state index in [1.807, 2.05) is 36.9 Å². The number of nitrogens with one attached hydrogen (secondary N) is 1. The van der Waals surface area contributed by atoms with Crippen LogP contribution < -0.4 is 5.32 Å². The van der Waals surface area contributed by atoms with E-state index in [1.165, 1.54) is 0 Å². The first-order valence-electron chi connectivity index (χ1n) is 5.91. The van der Waals surface area contributed by atoms with Gasteiger partial charge in [-0.3, -0.25) is 4.68 Å². The second-order valence-electron chi connectivity index (χ2n) is 4.08. The Morgan fingerprint density at radius 1 is 1.42 bits per heavy atom. The molecule has 1 heterocycles. The van der Waals surface area contributed by atoms with E-state index >= 15 is 0 Å². The van der Waals surface area contributed by atoms with Crippen molar-refractivity contribution in [3.05, 3.63) is 50.2 Å². The van der Waals surface area contributed by atoms with Gasteiger partial charge in [0, 0.05) is 16.0 Å². The molecule has 1 N–H and O–H groups in total. The summed E-state index contributed by atoms with van der Waals surface area (Å²) in [5.74, 6) is 0. The molecule has 0 bridgehead atoms. The van der Waals surface area contributed by atoms with Crippen LogP contribution in [0.5, 0.6) is 0 Å². The van der Waals surface area contributed by atoms with Gasteiger partial charge in [-0.15, -0.1) is 0 Å². The number of aromatic nitrogens is 2. The first-order valence-corrected chi connectivity index (χ1v) is 7.46. The van der Waals surface area contributed by atoms with Crippen LogP contribution in [0.3, 0.4) is 0 Å². The molecule has 0 amide bonds. The Morgan fingerprint density at radius 3 is 2.79 bits per heavy atom. The van der Waals surface area contributed by atoms with Gasteiger partial charge in [-0.2, -0.15) is 5.10 Å². The van der Waals surface area contributed by atoms with Crippen LogP contribution in [0.15, 0.2) is 28.9 Å². The average molecular weight is 363 g/mol. The molecule has 2 rings (SSSR count). The van der Waals surface area contributed by atoms with Crippen LogP contribution in [-0.2, 0) is 6.54 Å². The summed E-state index contributed by atoms with van der Waals surface area (Å²) in [5.41, 5.74) is 1.97. The minimum Gasteiger partial charge on any atom is -0.308 e. The summed E-state index contributed by atoms with van der Waals surface area (Å²) in [6.45, 7) is 2.80. The van der Waals surface area contributed by atoms with Crippen molar-refractivity contribution in [1.82, 2.24) is 15.1 Å². The fourth-order valence-corrected chi connectivity index (χ4v) is 2.99. The van der Waals surface area contributed by atoms with Crippen molar-refractivity contribution in [3.63, 3.8) is 0 Å². The number of hydrogen-bond acceptors (Lipinski definition) is 2. The first kappa shape index (κ1) is 14.9. The monoisotopic (exact) mass is 361 g/mol. The molecule has 102 valence electrons. The van der Waals surface area contributed by atoms with Gasteiger partial charge in [0.2, 0.25) is 0 Å². The molecule has 0 aliphatic carbocycles. The molecule has 0 aliphatic heterocycles. The minimum absolute atomic E-state index is 0.0666. The maximum atomic E-state index is 6.27. The molecule has 1 aromatic carbocycles. The highest BCUT2D eigenvalue weighted by atomic mass is 79.9. The van der Waals surface area contributed by atoms with Crippen molar-refractivity contribution in [2.45, 2.75) is 19.5 Å². The summed E-state index contributed by atoms with van der Waals surface area (Å²) in [6, 6.07) is 5.64. The van der Waals surface area contributed by atoms with E-state index in [4.69, 9.17) is 23.2 Å². The van der Waals surface area contributed by atoms with Gasteiger partial charge in [0.1, 0.15) is 0 Å². The summed E-state index contributed by atoms with van der Waals surface area (Å²) in [5, 5.41) is 8.89. The molecule has 0 fully saturated rings. The van der Waals surface area contributed by atoms with Crippen molar-refractivity contribution < 1.29 is 0 Å². The SMILES string of the molecule is CCn1ncc(Cl)c1C(NC)c1cc(Cl)ccc1Br. The van der Waals surface area contributed by atoms with Gasteiger partial charge in [-0.1, -0.05) is 39.1 Å². The molecule has 1 atom stereocenters. The van der Waals surface area contributed by atoms with Gasteiger partial charge >= 0.3 is 0 Å². The summed E-state index contributed by atoms with van der Waals surface area (Å²) in [6.07, 6.45) is 1.67. The molecule has 6 heteroatoms. The van der Waals surface area contributed by atoms with E-state index < -0.39 is 0 Å². The van der Waals surface area contributed by atoms with Crippen molar-refractivity contribution in [2.75, 3.05) is 7.05 Å². The van der Waals surface area contributed by atoms with Crippen LogP contribution in [0.2, 0.25) is 10.0 Å². The molecule has 19 heavy (non-hydrogen) atoms. The zero-order chi connectivity index (χ0) is 14.0. The molecule has 2 aromatic rings. The molecule has 0 spiro atoms. The third kappa shape index (κ3) is 2.97. The number of benzene rings is 1. The maximum absolute atomic E-state index is 6.27. The Bertz CT molecular complexity index is 583. The van der Waals surface area contributed by atoms with Gasteiger partial charge in [0.15, 0.2) is 0 Å². The second-order valence-corrected chi connectivity index (χ2v) is 5.78. The number of aryl methyl sites for hydroxylation is 1. The molecule has 1 aromatic heterocycles. The summed E-state index contributed by atoms with van der Waals surface area (Å²) in [7, 11) is 1.89. The average Bonchev–Trinajstić information content (AvgIpc) is 2.76. The van der Waals surface area contributed by atoms with Gasteiger partial charge in [0.25, 0.3) is 0 Å². The molecular formula is C13H14BrCl2N3. The molecular weight excluding hydrogens is 349 g/mol. The Hall–Kier alpha value is -0.550. The highest BCUT2D eigenvalue weighted by molar-refractivity contribution is 9.10. The van der Waals surface area contributed by atoms with E-state index in [2.05, 4.69) is 26.3 Å². The number of rotatable bonds is 4. The second kappa shape index (κ2) is 6.27. The molecule has 3 nitrogen and oxygen atoms in total. The fraction of sp³-hybridized carbons (Fsp3) is 0.308.